The van der Waals surface area contributed by atoms with Crippen LogP contribution in [0.5, 0.6) is 0 Å². The molecule has 178 valence electrons. The Labute approximate surface area is 194 Å². The summed E-state index contributed by atoms with van der Waals surface area (Å²) in [7, 11) is 0. The van der Waals surface area contributed by atoms with Crippen molar-refractivity contribution in [1.82, 2.24) is 4.90 Å². The smallest absolute Gasteiger partial charge is 0.256 e. The van der Waals surface area contributed by atoms with E-state index in [0.29, 0.717) is 18.3 Å². The molecule has 2 aliphatic heterocycles. The quantitative estimate of drug-likeness (QED) is 0.593. The van der Waals surface area contributed by atoms with Crippen molar-refractivity contribution < 1.29 is 9.59 Å². The Hall–Kier alpha value is -2.04. The van der Waals surface area contributed by atoms with E-state index in [9.17, 15) is 9.59 Å². The topological polar surface area (TPSA) is 52.7 Å². The summed E-state index contributed by atoms with van der Waals surface area (Å²) in [5.74, 6) is 1.13. The lowest BCUT2D eigenvalue weighted by Crippen LogP contribution is -2.39. The van der Waals surface area contributed by atoms with Gasteiger partial charge in [-0.3, -0.25) is 9.59 Å². The molecule has 0 aliphatic carbocycles. The molecule has 0 spiro atoms. The van der Waals surface area contributed by atoms with Crippen LogP contribution < -0.4 is 10.2 Å². The predicted octanol–water partition coefficient (Wildman–Crippen LogP) is 5.95. The number of likely N-dealkylation sites (tertiary alicyclic amines) is 1. The van der Waals surface area contributed by atoms with Gasteiger partial charge in [-0.15, -0.1) is 0 Å². The van der Waals surface area contributed by atoms with E-state index in [2.05, 4.69) is 44.8 Å². The average Bonchev–Trinajstić information content (AvgIpc) is 2.73. The summed E-state index contributed by atoms with van der Waals surface area (Å²) in [6, 6.07) is 5.92. The first-order valence-corrected chi connectivity index (χ1v) is 12.6. The van der Waals surface area contributed by atoms with E-state index in [-0.39, 0.29) is 17.2 Å². The lowest BCUT2D eigenvalue weighted by molar-refractivity contribution is -0.117. The molecule has 1 aromatic rings. The summed E-state index contributed by atoms with van der Waals surface area (Å²) >= 11 is 0. The fourth-order valence-electron chi connectivity index (χ4n) is 5.22. The van der Waals surface area contributed by atoms with E-state index in [0.717, 1.165) is 62.4 Å². The maximum Gasteiger partial charge on any atom is 0.256 e. The third-order valence-corrected chi connectivity index (χ3v) is 6.77. The summed E-state index contributed by atoms with van der Waals surface area (Å²) in [6.07, 6.45) is 7.21. The number of benzene rings is 1. The van der Waals surface area contributed by atoms with Crippen LogP contribution in [0.15, 0.2) is 18.2 Å². The largest absolute Gasteiger partial charge is 0.371 e. The molecule has 3 rings (SSSR count). The normalized spacial score (nSPS) is 19.0. The van der Waals surface area contributed by atoms with Crippen LogP contribution in [0.4, 0.5) is 11.4 Å². The molecule has 5 nitrogen and oxygen atoms in total. The number of hydrogen-bond donors (Lipinski definition) is 1. The molecule has 0 aromatic heterocycles. The van der Waals surface area contributed by atoms with Crippen LogP contribution in [0.1, 0.15) is 89.9 Å². The SMILES string of the molecule is CC1CCN(C(=O)c2cc(NC(=O)CC(C)CC(C)(C)C)ccc2N2CCCCC2)CC1. The van der Waals surface area contributed by atoms with Crippen molar-refractivity contribution in [3.8, 4) is 0 Å². The molecule has 2 fully saturated rings. The number of nitrogens with zero attached hydrogens (tertiary/aromatic N) is 2. The van der Waals surface area contributed by atoms with Crippen LogP contribution in [-0.2, 0) is 4.79 Å². The zero-order valence-corrected chi connectivity index (χ0v) is 20.9. The third kappa shape index (κ3) is 6.98. The second kappa shape index (κ2) is 10.7. The number of nitrogens with one attached hydrogen (secondary N) is 1. The molecule has 0 bridgehead atoms. The number of piperidine rings is 2. The van der Waals surface area contributed by atoms with Crippen molar-refractivity contribution in [2.24, 2.45) is 17.3 Å². The molecule has 0 saturated carbocycles. The zero-order chi connectivity index (χ0) is 23.3. The van der Waals surface area contributed by atoms with Crippen LogP contribution >= 0.6 is 0 Å². The highest BCUT2D eigenvalue weighted by Gasteiger charge is 2.26. The number of hydrogen-bond acceptors (Lipinski definition) is 3. The van der Waals surface area contributed by atoms with Crippen molar-refractivity contribution >= 4 is 23.2 Å². The number of carbonyl (C=O) groups excluding carboxylic acids is 2. The molecule has 1 atom stereocenters. The van der Waals surface area contributed by atoms with Crippen molar-refractivity contribution in [2.75, 3.05) is 36.4 Å². The molecule has 2 heterocycles. The van der Waals surface area contributed by atoms with Crippen molar-refractivity contribution in [3.63, 3.8) is 0 Å². The maximum atomic E-state index is 13.5. The lowest BCUT2D eigenvalue weighted by atomic mass is 9.84. The Morgan fingerprint density at radius 1 is 1.06 bits per heavy atom. The number of anilines is 2. The first-order valence-electron chi connectivity index (χ1n) is 12.6. The molecule has 2 aliphatic rings. The van der Waals surface area contributed by atoms with E-state index >= 15 is 0 Å². The maximum absolute atomic E-state index is 13.5. The van der Waals surface area contributed by atoms with Gasteiger partial charge in [0.2, 0.25) is 5.91 Å². The highest BCUT2D eigenvalue weighted by molar-refractivity contribution is 6.02. The monoisotopic (exact) mass is 441 g/mol. The van der Waals surface area contributed by atoms with E-state index in [1.54, 1.807) is 0 Å². The van der Waals surface area contributed by atoms with Crippen LogP contribution in [0.25, 0.3) is 0 Å². The first kappa shape index (κ1) is 24.6. The molecule has 1 unspecified atom stereocenters. The van der Waals surface area contributed by atoms with Crippen LogP contribution in [0.3, 0.4) is 0 Å². The van der Waals surface area contributed by atoms with Crippen LogP contribution in [0, 0.1) is 17.3 Å². The Balaban J connectivity index is 1.77. The minimum atomic E-state index is 0.0256. The predicted molar refractivity (Wildman–Crippen MR) is 133 cm³/mol. The molecule has 0 radical (unpaired) electrons. The fraction of sp³-hybridized carbons (Fsp3) is 0.704. The molecule has 5 heteroatoms. The Morgan fingerprint density at radius 2 is 1.72 bits per heavy atom. The Kier molecular flexibility index (Phi) is 8.24. The highest BCUT2D eigenvalue weighted by Crippen LogP contribution is 2.30. The van der Waals surface area contributed by atoms with Gasteiger partial charge >= 0.3 is 0 Å². The Morgan fingerprint density at radius 3 is 2.34 bits per heavy atom. The van der Waals surface area contributed by atoms with Crippen molar-refractivity contribution in [2.45, 2.75) is 79.6 Å². The van der Waals surface area contributed by atoms with Crippen LogP contribution in [-0.4, -0.2) is 42.9 Å². The lowest BCUT2D eigenvalue weighted by Gasteiger charge is -2.34. The van der Waals surface area contributed by atoms with Gasteiger partial charge in [-0.2, -0.15) is 0 Å². The van der Waals surface area contributed by atoms with Crippen molar-refractivity contribution in [1.29, 1.82) is 0 Å². The van der Waals surface area contributed by atoms with Gasteiger partial charge in [0, 0.05) is 44.0 Å². The van der Waals surface area contributed by atoms with Gasteiger partial charge in [-0.1, -0.05) is 34.6 Å². The fourth-order valence-corrected chi connectivity index (χ4v) is 5.22. The van der Waals surface area contributed by atoms with Gasteiger partial charge in [0.15, 0.2) is 0 Å². The first-order chi connectivity index (χ1) is 15.1. The molecule has 32 heavy (non-hydrogen) atoms. The minimum absolute atomic E-state index is 0.0256. The minimum Gasteiger partial charge on any atom is -0.371 e. The molecule has 1 N–H and O–H groups in total. The summed E-state index contributed by atoms with van der Waals surface area (Å²) < 4.78 is 0. The molecular weight excluding hydrogens is 398 g/mol. The standard InChI is InChI=1S/C27H43N3O2/c1-20-11-15-30(16-12-20)26(32)23-18-22(9-10-24(23)29-13-7-6-8-14-29)28-25(31)17-21(2)19-27(3,4)5/h9-10,18,20-21H,6-8,11-17,19H2,1-5H3,(H,28,31). The van der Waals surface area contributed by atoms with Gasteiger partial charge < -0.3 is 15.1 Å². The number of rotatable bonds is 6. The Bertz CT molecular complexity index is 785. The summed E-state index contributed by atoms with van der Waals surface area (Å²) in [6.45, 7) is 14.6. The van der Waals surface area contributed by atoms with Gasteiger partial charge in [0.1, 0.15) is 0 Å². The average molecular weight is 442 g/mol. The van der Waals surface area contributed by atoms with Crippen LogP contribution in [0.2, 0.25) is 0 Å². The van der Waals surface area contributed by atoms with E-state index < -0.39 is 0 Å². The highest BCUT2D eigenvalue weighted by atomic mass is 16.2. The van der Waals surface area contributed by atoms with Gasteiger partial charge in [-0.25, -0.2) is 0 Å². The third-order valence-electron chi connectivity index (χ3n) is 6.77. The van der Waals surface area contributed by atoms with Gasteiger partial charge in [0.05, 0.1) is 5.56 Å². The van der Waals surface area contributed by atoms with Gasteiger partial charge in [0.25, 0.3) is 5.91 Å². The number of amides is 2. The van der Waals surface area contributed by atoms with E-state index in [1.807, 2.05) is 23.1 Å². The summed E-state index contributed by atoms with van der Waals surface area (Å²) in [5.41, 5.74) is 2.70. The van der Waals surface area contributed by atoms with Crippen molar-refractivity contribution in [3.05, 3.63) is 23.8 Å². The number of carbonyl (C=O) groups is 2. The second-order valence-electron chi connectivity index (χ2n) is 11.4. The van der Waals surface area contributed by atoms with Gasteiger partial charge in [-0.05, 0) is 74.0 Å². The molecule has 2 saturated heterocycles. The second-order valence-corrected chi connectivity index (χ2v) is 11.4. The zero-order valence-electron chi connectivity index (χ0n) is 20.9. The molecule has 2 amide bonds. The van der Waals surface area contributed by atoms with E-state index in [4.69, 9.17) is 0 Å². The summed E-state index contributed by atoms with van der Waals surface area (Å²) in [5, 5.41) is 3.07. The molecular formula is C27H43N3O2. The summed E-state index contributed by atoms with van der Waals surface area (Å²) in [4.78, 5) is 30.6. The molecule has 1 aromatic carbocycles. The van der Waals surface area contributed by atoms with E-state index in [1.165, 1.54) is 19.3 Å².